The van der Waals surface area contributed by atoms with Gasteiger partial charge in [-0.3, -0.25) is 4.79 Å². The summed E-state index contributed by atoms with van der Waals surface area (Å²) in [4.78, 5) is 12.2. The summed E-state index contributed by atoms with van der Waals surface area (Å²) in [5.74, 6) is -0.948. The third-order valence-electron chi connectivity index (χ3n) is 4.14. The second-order valence-corrected chi connectivity index (χ2v) is 5.56. The van der Waals surface area contributed by atoms with E-state index in [1.54, 1.807) is 6.92 Å². The Balaban J connectivity index is 2.19. The van der Waals surface area contributed by atoms with E-state index in [4.69, 9.17) is 0 Å². The van der Waals surface area contributed by atoms with Crippen molar-refractivity contribution < 1.29 is 18.0 Å². The van der Waals surface area contributed by atoms with Gasteiger partial charge in [-0.05, 0) is 37.9 Å². The molecule has 0 spiro atoms. The monoisotopic (exact) mass is 300 g/mol. The number of hydrogen-bond acceptors (Lipinski definition) is 2. The number of amides is 1. The second-order valence-electron chi connectivity index (χ2n) is 5.56. The number of rotatable bonds is 3. The fraction of sp³-hybridized carbons (Fsp3) is 0.533. The van der Waals surface area contributed by atoms with Crippen LogP contribution in [0.15, 0.2) is 24.3 Å². The number of alkyl halides is 3. The molecule has 1 aliphatic heterocycles. The number of halogens is 3. The molecule has 2 N–H and O–H groups in total. The molecule has 0 aromatic heterocycles. The van der Waals surface area contributed by atoms with Gasteiger partial charge in [0.25, 0.3) is 0 Å². The summed E-state index contributed by atoms with van der Waals surface area (Å²) in [5.41, 5.74) is -0.547. The first-order valence-corrected chi connectivity index (χ1v) is 6.92. The van der Waals surface area contributed by atoms with Gasteiger partial charge < -0.3 is 10.6 Å². The summed E-state index contributed by atoms with van der Waals surface area (Å²) in [6.07, 6.45) is -4.77. The van der Waals surface area contributed by atoms with Gasteiger partial charge in [-0.25, -0.2) is 0 Å². The standard InChI is InChI=1S/C15H19F3N2O/c1-10-5-3-4-6-12(10)11(2)20-13(21)14(15(16,17)18)7-8-19-9-14/h3-6,11,19H,7-9H2,1-2H3,(H,20,21)/t11-,14?/m0/s1. The van der Waals surface area contributed by atoms with Gasteiger partial charge in [-0.15, -0.1) is 0 Å². The second kappa shape index (κ2) is 5.67. The average molecular weight is 300 g/mol. The first-order chi connectivity index (χ1) is 9.78. The van der Waals surface area contributed by atoms with E-state index in [2.05, 4.69) is 10.6 Å². The Morgan fingerprint density at radius 1 is 1.38 bits per heavy atom. The van der Waals surface area contributed by atoms with Crippen molar-refractivity contribution in [2.45, 2.75) is 32.5 Å². The Morgan fingerprint density at radius 2 is 2.05 bits per heavy atom. The molecule has 1 amide bonds. The summed E-state index contributed by atoms with van der Waals surface area (Å²) >= 11 is 0. The Morgan fingerprint density at radius 3 is 2.57 bits per heavy atom. The molecule has 1 fully saturated rings. The van der Waals surface area contributed by atoms with Crippen molar-refractivity contribution >= 4 is 5.91 Å². The van der Waals surface area contributed by atoms with Crippen LogP contribution >= 0.6 is 0 Å². The largest absolute Gasteiger partial charge is 0.404 e. The van der Waals surface area contributed by atoms with Crippen LogP contribution in [0, 0.1) is 12.3 Å². The molecule has 0 aliphatic carbocycles. The van der Waals surface area contributed by atoms with E-state index in [0.29, 0.717) is 0 Å². The first kappa shape index (κ1) is 15.8. The molecule has 21 heavy (non-hydrogen) atoms. The van der Waals surface area contributed by atoms with Crippen molar-refractivity contribution in [3.63, 3.8) is 0 Å². The van der Waals surface area contributed by atoms with Crippen LogP contribution in [0.2, 0.25) is 0 Å². The highest BCUT2D eigenvalue weighted by atomic mass is 19.4. The number of carbonyl (C=O) groups is 1. The quantitative estimate of drug-likeness (QED) is 0.901. The van der Waals surface area contributed by atoms with Gasteiger partial charge >= 0.3 is 6.18 Å². The lowest BCUT2D eigenvalue weighted by Crippen LogP contribution is -2.52. The SMILES string of the molecule is Cc1ccccc1[C@H](C)NC(=O)C1(C(F)(F)F)CCNC1. The van der Waals surface area contributed by atoms with Crippen LogP contribution in [0.4, 0.5) is 13.2 Å². The van der Waals surface area contributed by atoms with Crippen LogP contribution in [-0.4, -0.2) is 25.2 Å². The van der Waals surface area contributed by atoms with Crippen molar-refractivity contribution in [1.29, 1.82) is 0 Å². The molecule has 2 rings (SSSR count). The third-order valence-corrected chi connectivity index (χ3v) is 4.14. The number of nitrogens with one attached hydrogen (secondary N) is 2. The summed E-state index contributed by atoms with van der Waals surface area (Å²) in [6.45, 7) is 3.41. The average Bonchev–Trinajstić information content (AvgIpc) is 2.89. The summed E-state index contributed by atoms with van der Waals surface area (Å²) in [7, 11) is 0. The molecular weight excluding hydrogens is 281 g/mol. The van der Waals surface area contributed by atoms with Crippen LogP contribution in [0.3, 0.4) is 0 Å². The molecule has 1 saturated heterocycles. The summed E-state index contributed by atoms with van der Waals surface area (Å²) in [5, 5.41) is 5.17. The molecule has 6 heteroatoms. The summed E-state index contributed by atoms with van der Waals surface area (Å²) in [6, 6.07) is 6.88. The van der Waals surface area contributed by atoms with Crippen LogP contribution in [-0.2, 0) is 4.79 Å². The Bertz CT molecular complexity index is 522. The van der Waals surface area contributed by atoms with Gasteiger partial charge in [0, 0.05) is 6.54 Å². The minimum absolute atomic E-state index is 0.200. The van der Waals surface area contributed by atoms with E-state index in [1.165, 1.54) is 0 Å². The van der Waals surface area contributed by atoms with Crippen LogP contribution in [0.1, 0.15) is 30.5 Å². The van der Waals surface area contributed by atoms with Gasteiger partial charge in [0.1, 0.15) is 0 Å². The molecule has 3 nitrogen and oxygen atoms in total. The van der Waals surface area contributed by atoms with Crippen LogP contribution in [0.25, 0.3) is 0 Å². The lowest BCUT2D eigenvalue weighted by atomic mass is 9.84. The van der Waals surface area contributed by atoms with Crippen LogP contribution in [0.5, 0.6) is 0 Å². The highest BCUT2D eigenvalue weighted by Crippen LogP contribution is 2.43. The number of hydrogen-bond donors (Lipinski definition) is 2. The van der Waals surface area contributed by atoms with Gasteiger partial charge in [0.05, 0.1) is 6.04 Å². The summed E-state index contributed by atoms with van der Waals surface area (Å²) < 4.78 is 39.9. The molecular formula is C15H19F3N2O. The van der Waals surface area contributed by atoms with Crippen molar-refractivity contribution in [2.75, 3.05) is 13.1 Å². The predicted octanol–water partition coefficient (Wildman–Crippen LogP) is 2.71. The van der Waals surface area contributed by atoms with E-state index in [1.807, 2.05) is 31.2 Å². The lowest BCUT2D eigenvalue weighted by Gasteiger charge is -2.31. The zero-order valence-corrected chi connectivity index (χ0v) is 12.1. The maximum absolute atomic E-state index is 13.3. The smallest absolute Gasteiger partial charge is 0.349 e. The Labute approximate surface area is 121 Å². The molecule has 0 radical (unpaired) electrons. The zero-order valence-electron chi connectivity index (χ0n) is 12.1. The molecule has 0 saturated carbocycles. The molecule has 1 aliphatic rings. The van der Waals surface area contributed by atoms with Crippen molar-refractivity contribution in [3.8, 4) is 0 Å². The highest BCUT2D eigenvalue weighted by Gasteiger charge is 2.61. The van der Waals surface area contributed by atoms with Gasteiger partial charge in [-0.2, -0.15) is 13.2 Å². The maximum Gasteiger partial charge on any atom is 0.404 e. The van der Waals surface area contributed by atoms with Crippen molar-refractivity contribution in [1.82, 2.24) is 10.6 Å². The fourth-order valence-corrected chi connectivity index (χ4v) is 2.74. The minimum Gasteiger partial charge on any atom is -0.349 e. The normalized spacial score (nSPS) is 23.9. The Kier molecular flexibility index (Phi) is 4.27. The predicted molar refractivity (Wildman–Crippen MR) is 73.7 cm³/mol. The van der Waals surface area contributed by atoms with Gasteiger partial charge in [0.15, 0.2) is 5.41 Å². The Hall–Kier alpha value is -1.56. The van der Waals surface area contributed by atoms with E-state index in [-0.39, 0.29) is 19.5 Å². The zero-order chi connectivity index (χ0) is 15.7. The molecule has 1 aromatic carbocycles. The molecule has 1 heterocycles. The number of carbonyl (C=O) groups excluding carboxylic acids is 1. The topological polar surface area (TPSA) is 41.1 Å². The van der Waals surface area contributed by atoms with E-state index in [0.717, 1.165) is 11.1 Å². The number of benzene rings is 1. The van der Waals surface area contributed by atoms with Gasteiger partial charge in [-0.1, -0.05) is 24.3 Å². The number of aryl methyl sites for hydroxylation is 1. The van der Waals surface area contributed by atoms with Crippen molar-refractivity contribution in [2.24, 2.45) is 5.41 Å². The first-order valence-electron chi connectivity index (χ1n) is 6.92. The lowest BCUT2D eigenvalue weighted by molar-refractivity contribution is -0.216. The van der Waals surface area contributed by atoms with E-state index >= 15 is 0 Å². The van der Waals surface area contributed by atoms with Crippen molar-refractivity contribution in [3.05, 3.63) is 35.4 Å². The molecule has 1 aromatic rings. The van der Waals surface area contributed by atoms with E-state index < -0.39 is 23.5 Å². The molecule has 2 atom stereocenters. The molecule has 0 bridgehead atoms. The molecule has 1 unspecified atom stereocenters. The fourth-order valence-electron chi connectivity index (χ4n) is 2.74. The third kappa shape index (κ3) is 2.90. The van der Waals surface area contributed by atoms with Gasteiger partial charge in [0.2, 0.25) is 5.91 Å². The minimum atomic E-state index is -4.55. The maximum atomic E-state index is 13.3. The highest BCUT2D eigenvalue weighted by molar-refractivity contribution is 5.84. The van der Waals surface area contributed by atoms with Crippen LogP contribution < -0.4 is 10.6 Å². The van der Waals surface area contributed by atoms with E-state index in [9.17, 15) is 18.0 Å². The molecule has 116 valence electrons.